The molecule has 2 heterocycles. The van der Waals surface area contributed by atoms with Crippen molar-refractivity contribution in [2.75, 3.05) is 34.0 Å². The summed E-state index contributed by atoms with van der Waals surface area (Å²) in [6.45, 7) is 7.25. The van der Waals surface area contributed by atoms with Gasteiger partial charge in [-0.1, -0.05) is 31.5 Å². The predicted octanol–water partition coefficient (Wildman–Crippen LogP) is 5.38. The number of rotatable bonds is 9. The van der Waals surface area contributed by atoms with E-state index in [1.165, 1.54) is 0 Å². The molecular formula is C27H30ClNO6. The summed E-state index contributed by atoms with van der Waals surface area (Å²) in [6.07, 6.45) is 0.913. The highest BCUT2D eigenvalue weighted by atomic mass is 35.5. The molecule has 1 amide bonds. The number of halogens is 1. The van der Waals surface area contributed by atoms with Crippen molar-refractivity contribution in [2.45, 2.75) is 33.2 Å². The summed E-state index contributed by atoms with van der Waals surface area (Å²) in [7, 11) is 3.13. The number of aryl methyl sites for hydroxylation is 1. The van der Waals surface area contributed by atoms with Gasteiger partial charge in [0.2, 0.25) is 5.76 Å². The number of hydrogen-bond acceptors (Lipinski definition) is 6. The van der Waals surface area contributed by atoms with Gasteiger partial charge in [0.05, 0.1) is 37.3 Å². The van der Waals surface area contributed by atoms with Gasteiger partial charge in [0.25, 0.3) is 5.91 Å². The average Bonchev–Trinajstić information content (AvgIpc) is 3.10. The Bertz CT molecular complexity index is 1320. The summed E-state index contributed by atoms with van der Waals surface area (Å²) in [6, 6.07) is 8.10. The van der Waals surface area contributed by atoms with E-state index in [2.05, 4.69) is 13.8 Å². The van der Waals surface area contributed by atoms with Gasteiger partial charge in [-0.2, -0.15) is 0 Å². The third kappa shape index (κ3) is 4.75. The highest BCUT2D eigenvalue weighted by Crippen LogP contribution is 2.41. The number of amides is 1. The molecule has 1 aliphatic heterocycles. The Morgan fingerprint density at radius 1 is 1.09 bits per heavy atom. The number of benzene rings is 2. The first-order valence-corrected chi connectivity index (χ1v) is 12.0. The number of ether oxygens (including phenoxy) is 3. The second-order valence-corrected chi connectivity index (χ2v) is 9.51. The molecule has 4 rings (SSSR count). The Labute approximate surface area is 209 Å². The van der Waals surface area contributed by atoms with Crippen LogP contribution in [0, 0.1) is 12.8 Å². The standard InChI is InChI=1S/C27H30ClNO6/c1-15(2)8-10-34-20-7-6-17(13-22(20)33-5)24-23-25(30)18-14-19(28)16(3)12-21(18)35-26(23)27(31)29(24)9-11-32-4/h6-7,12-15,24H,8-11H2,1-5H3. The molecule has 0 saturated carbocycles. The summed E-state index contributed by atoms with van der Waals surface area (Å²) in [5, 5.41) is 0.803. The second kappa shape index (κ2) is 10.3. The van der Waals surface area contributed by atoms with Crippen molar-refractivity contribution < 1.29 is 23.4 Å². The summed E-state index contributed by atoms with van der Waals surface area (Å²) in [5.74, 6) is 1.34. The number of carbonyl (C=O) groups is 1. The smallest absolute Gasteiger partial charge is 0.290 e. The van der Waals surface area contributed by atoms with E-state index in [4.69, 9.17) is 30.2 Å². The topological polar surface area (TPSA) is 78.2 Å². The molecule has 7 nitrogen and oxygen atoms in total. The first-order chi connectivity index (χ1) is 16.8. The van der Waals surface area contributed by atoms with Crippen LogP contribution in [-0.2, 0) is 4.74 Å². The van der Waals surface area contributed by atoms with E-state index in [0.717, 1.165) is 12.0 Å². The van der Waals surface area contributed by atoms with Crippen LogP contribution < -0.4 is 14.9 Å². The van der Waals surface area contributed by atoms with Crippen LogP contribution in [0.3, 0.4) is 0 Å². The van der Waals surface area contributed by atoms with Crippen LogP contribution in [0.4, 0.5) is 0 Å². The minimum atomic E-state index is -0.660. The van der Waals surface area contributed by atoms with Gasteiger partial charge < -0.3 is 23.5 Å². The fraction of sp³-hybridized carbons (Fsp3) is 0.407. The average molecular weight is 500 g/mol. The van der Waals surface area contributed by atoms with E-state index in [0.29, 0.717) is 52.2 Å². The molecule has 1 unspecified atom stereocenters. The van der Waals surface area contributed by atoms with Gasteiger partial charge in [-0.15, -0.1) is 0 Å². The van der Waals surface area contributed by atoms with Crippen molar-refractivity contribution in [3.63, 3.8) is 0 Å². The Hall–Kier alpha value is -3.03. The molecule has 0 saturated heterocycles. The largest absolute Gasteiger partial charge is 0.493 e. The van der Waals surface area contributed by atoms with Crippen molar-refractivity contribution in [1.82, 2.24) is 4.90 Å². The second-order valence-electron chi connectivity index (χ2n) is 9.11. The maximum atomic E-state index is 13.7. The van der Waals surface area contributed by atoms with E-state index in [1.807, 2.05) is 25.1 Å². The quantitative estimate of drug-likeness (QED) is 0.393. The molecule has 0 aliphatic carbocycles. The number of fused-ring (bicyclic) bond motifs is 2. The molecule has 0 N–H and O–H groups in total. The van der Waals surface area contributed by atoms with Gasteiger partial charge in [0.15, 0.2) is 16.9 Å². The fourth-order valence-electron chi connectivity index (χ4n) is 4.29. The van der Waals surface area contributed by atoms with Gasteiger partial charge in [-0.05, 0) is 54.7 Å². The van der Waals surface area contributed by atoms with Crippen LogP contribution in [0.25, 0.3) is 11.0 Å². The van der Waals surface area contributed by atoms with Gasteiger partial charge in [0.1, 0.15) is 5.58 Å². The Balaban J connectivity index is 1.84. The van der Waals surface area contributed by atoms with Crippen molar-refractivity contribution >= 4 is 28.5 Å². The molecule has 1 atom stereocenters. The molecule has 1 aliphatic rings. The lowest BCUT2D eigenvalue weighted by Crippen LogP contribution is -2.32. The molecule has 2 aromatic carbocycles. The van der Waals surface area contributed by atoms with Gasteiger partial charge in [0, 0.05) is 18.7 Å². The van der Waals surface area contributed by atoms with E-state index in [9.17, 15) is 9.59 Å². The molecule has 8 heteroatoms. The van der Waals surface area contributed by atoms with Crippen molar-refractivity contribution in [3.8, 4) is 11.5 Å². The van der Waals surface area contributed by atoms with Crippen molar-refractivity contribution in [1.29, 1.82) is 0 Å². The first-order valence-electron chi connectivity index (χ1n) is 11.6. The molecule has 0 bridgehead atoms. The molecule has 0 radical (unpaired) electrons. The van der Waals surface area contributed by atoms with Crippen LogP contribution in [0.2, 0.25) is 5.02 Å². The molecular weight excluding hydrogens is 470 g/mol. The molecule has 35 heavy (non-hydrogen) atoms. The third-order valence-electron chi connectivity index (χ3n) is 6.24. The number of hydrogen-bond donors (Lipinski definition) is 0. The monoisotopic (exact) mass is 499 g/mol. The molecule has 0 fully saturated rings. The number of methoxy groups -OCH3 is 2. The van der Waals surface area contributed by atoms with Gasteiger partial charge >= 0.3 is 0 Å². The molecule has 1 aromatic heterocycles. The third-order valence-corrected chi connectivity index (χ3v) is 6.65. The van der Waals surface area contributed by atoms with Crippen LogP contribution >= 0.6 is 11.6 Å². The van der Waals surface area contributed by atoms with Gasteiger partial charge in [-0.25, -0.2) is 0 Å². The highest BCUT2D eigenvalue weighted by Gasteiger charge is 2.42. The summed E-state index contributed by atoms with van der Waals surface area (Å²) < 4.78 is 22.8. The Morgan fingerprint density at radius 2 is 1.86 bits per heavy atom. The SMILES string of the molecule is COCCN1C(=O)c2oc3cc(C)c(Cl)cc3c(=O)c2C1c1ccc(OCCC(C)C)c(OC)c1. The zero-order valence-electron chi connectivity index (χ0n) is 20.6. The van der Waals surface area contributed by atoms with E-state index in [1.54, 1.807) is 31.3 Å². The lowest BCUT2D eigenvalue weighted by Gasteiger charge is -2.25. The van der Waals surface area contributed by atoms with Crippen LogP contribution in [0.1, 0.15) is 53.6 Å². The normalized spacial score (nSPS) is 15.2. The summed E-state index contributed by atoms with van der Waals surface area (Å²) in [5.41, 5.74) is 1.82. The Morgan fingerprint density at radius 3 is 2.54 bits per heavy atom. The minimum absolute atomic E-state index is 0.0431. The summed E-state index contributed by atoms with van der Waals surface area (Å²) in [4.78, 5) is 28.7. The predicted molar refractivity (Wildman–Crippen MR) is 135 cm³/mol. The van der Waals surface area contributed by atoms with E-state index >= 15 is 0 Å². The van der Waals surface area contributed by atoms with Crippen LogP contribution in [0.5, 0.6) is 11.5 Å². The van der Waals surface area contributed by atoms with Gasteiger partial charge in [-0.3, -0.25) is 9.59 Å². The van der Waals surface area contributed by atoms with Crippen LogP contribution in [0.15, 0.2) is 39.5 Å². The number of carbonyl (C=O) groups excluding carboxylic acids is 1. The minimum Gasteiger partial charge on any atom is -0.493 e. The molecule has 0 spiro atoms. The lowest BCUT2D eigenvalue weighted by molar-refractivity contribution is 0.0663. The fourth-order valence-corrected chi connectivity index (χ4v) is 4.45. The maximum Gasteiger partial charge on any atom is 0.290 e. The first kappa shape index (κ1) is 25.1. The van der Waals surface area contributed by atoms with Crippen LogP contribution in [-0.4, -0.2) is 44.8 Å². The summed E-state index contributed by atoms with van der Waals surface area (Å²) >= 11 is 6.30. The van der Waals surface area contributed by atoms with Crippen molar-refractivity contribution in [2.24, 2.45) is 5.92 Å². The molecule has 186 valence electrons. The maximum absolute atomic E-state index is 13.7. The highest BCUT2D eigenvalue weighted by molar-refractivity contribution is 6.32. The van der Waals surface area contributed by atoms with E-state index in [-0.39, 0.29) is 29.2 Å². The zero-order chi connectivity index (χ0) is 25.3. The lowest BCUT2D eigenvalue weighted by atomic mass is 9.97. The Kier molecular flexibility index (Phi) is 7.38. The van der Waals surface area contributed by atoms with E-state index < -0.39 is 6.04 Å². The zero-order valence-corrected chi connectivity index (χ0v) is 21.4. The molecule has 3 aromatic rings. The van der Waals surface area contributed by atoms with Crippen molar-refractivity contribution in [3.05, 3.63) is 68.0 Å². The number of nitrogens with zero attached hydrogens (tertiary/aromatic N) is 1.